The van der Waals surface area contributed by atoms with E-state index in [1.165, 1.54) is 147 Å². The topological polar surface area (TPSA) is 82.1 Å². The minimum Gasteiger partial charge on any atom is -0.460 e. The Morgan fingerprint density at radius 2 is 1.41 bits per heavy atom. The summed E-state index contributed by atoms with van der Waals surface area (Å²) in [5.74, 6) is 2.24. The second kappa shape index (κ2) is 26.3. The molecule has 0 amide bonds. The molecule has 8 heteroatoms. The van der Waals surface area contributed by atoms with E-state index in [1.54, 1.807) is 0 Å². The van der Waals surface area contributed by atoms with Gasteiger partial charge in [-0.05, 0) is 37.9 Å². The summed E-state index contributed by atoms with van der Waals surface area (Å²) in [4.78, 5) is 20.8. The summed E-state index contributed by atoms with van der Waals surface area (Å²) in [6.45, 7) is 4.82. The van der Waals surface area contributed by atoms with Crippen LogP contribution in [0.1, 0.15) is 162 Å². The fraction of sp³-hybridized carbons (Fsp3) is 0.970. The van der Waals surface area contributed by atoms with Crippen LogP contribution in [-0.2, 0) is 18.6 Å². The summed E-state index contributed by atoms with van der Waals surface area (Å²) >= 11 is 2.06. The molecule has 0 saturated heterocycles. The molecule has 0 heterocycles. The first-order valence-corrected chi connectivity index (χ1v) is 19.8. The lowest BCUT2D eigenvalue weighted by atomic mass is 9.85. The summed E-state index contributed by atoms with van der Waals surface area (Å²) in [7, 11) is -3.28. The van der Waals surface area contributed by atoms with Crippen molar-refractivity contribution in [3.63, 3.8) is 0 Å². The average Bonchev–Trinajstić information content (AvgIpc) is 2.97. The Morgan fingerprint density at radius 3 is 2.05 bits per heavy atom. The summed E-state index contributed by atoms with van der Waals surface area (Å²) in [6.07, 6.45) is 31.0. The van der Waals surface area contributed by atoms with Crippen LogP contribution < -0.4 is 0 Å². The molecule has 1 N–H and O–H groups in total. The van der Waals surface area contributed by atoms with Crippen LogP contribution in [0.25, 0.3) is 0 Å². The third-order valence-electron chi connectivity index (χ3n) is 8.52. The number of carbonyl (C=O) groups is 1. The van der Waals surface area contributed by atoms with Gasteiger partial charge in [-0.1, -0.05) is 135 Å². The van der Waals surface area contributed by atoms with E-state index in [2.05, 4.69) is 30.3 Å². The lowest BCUT2D eigenvalue weighted by molar-refractivity contribution is 0.0536. The van der Waals surface area contributed by atoms with Gasteiger partial charge in [0.2, 0.25) is 0 Å². The van der Waals surface area contributed by atoms with E-state index in [0.29, 0.717) is 18.3 Å². The molecule has 1 saturated carbocycles. The smallest absolute Gasteiger partial charge is 0.435 e. The van der Waals surface area contributed by atoms with Gasteiger partial charge in [0.25, 0.3) is 0 Å². The summed E-state index contributed by atoms with van der Waals surface area (Å²) in [5, 5.41) is 0.467. The van der Waals surface area contributed by atoms with Crippen molar-refractivity contribution in [2.24, 2.45) is 5.92 Å². The van der Waals surface area contributed by atoms with Gasteiger partial charge in [-0.15, -0.1) is 0 Å². The van der Waals surface area contributed by atoms with Crippen LogP contribution in [-0.4, -0.2) is 48.0 Å². The van der Waals surface area contributed by atoms with Crippen LogP contribution in [0, 0.1) is 5.92 Å². The number of methoxy groups -OCH3 is 1. The predicted molar refractivity (Wildman–Crippen MR) is 175 cm³/mol. The highest BCUT2D eigenvalue weighted by molar-refractivity contribution is 7.99. The number of unbranched alkanes of at least 4 members (excludes halogenated alkanes) is 13. The first kappa shape index (κ1) is 39.0. The van der Waals surface area contributed by atoms with Crippen LogP contribution in [0.15, 0.2) is 0 Å². The minimum atomic E-state index is -4.35. The molecule has 6 nitrogen and oxygen atoms in total. The maximum atomic E-state index is 11.7. The van der Waals surface area contributed by atoms with E-state index in [1.807, 2.05) is 0 Å². The van der Waals surface area contributed by atoms with Crippen molar-refractivity contribution in [2.75, 3.05) is 26.1 Å². The van der Waals surface area contributed by atoms with Crippen molar-refractivity contribution in [1.29, 1.82) is 0 Å². The van der Waals surface area contributed by atoms with Crippen molar-refractivity contribution in [3.05, 3.63) is 0 Å². The zero-order valence-electron chi connectivity index (χ0n) is 27.0. The van der Waals surface area contributed by atoms with E-state index in [0.717, 1.165) is 13.0 Å². The summed E-state index contributed by atoms with van der Waals surface area (Å²) < 4.78 is 26.9. The van der Waals surface area contributed by atoms with Gasteiger partial charge in [0.05, 0.1) is 19.8 Å². The SMILES string of the molecule is CCCCCCC[C@@H](SCCCCCCCCCCCCC1CCCCC1)[C@H](C)OCCCOP(=O)(O)C(=O)OC. The number of thioether (sulfide) groups is 1. The van der Waals surface area contributed by atoms with E-state index in [9.17, 15) is 14.3 Å². The van der Waals surface area contributed by atoms with Gasteiger partial charge in [0.15, 0.2) is 0 Å². The Hall–Kier alpha value is -0.0700. The Labute approximate surface area is 257 Å². The highest BCUT2D eigenvalue weighted by Gasteiger charge is 2.31. The number of rotatable bonds is 28. The van der Waals surface area contributed by atoms with Crippen LogP contribution in [0.2, 0.25) is 0 Å². The summed E-state index contributed by atoms with van der Waals surface area (Å²) in [6, 6.07) is 0. The lowest BCUT2D eigenvalue weighted by Gasteiger charge is -2.24. The maximum Gasteiger partial charge on any atom is 0.435 e. The molecule has 0 spiro atoms. The number of carbonyl (C=O) groups excluding carboxylic acids is 1. The zero-order chi connectivity index (χ0) is 30.0. The fourth-order valence-electron chi connectivity index (χ4n) is 5.85. The number of ether oxygens (including phenoxy) is 2. The molecule has 1 aliphatic rings. The Kier molecular flexibility index (Phi) is 25.0. The first-order chi connectivity index (χ1) is 19.9. The second-order valence-corrected chi connectivity index (χ2v) is 15.2. The van der Waals surface area contributed by atoms with Gasteiger partial charge in [-0.2, -0.15) is 11.8 Å². The highest BCUT2D eigenvalue weighted by atomic mass is 32.2. The van der Waals surface area contributed by atoms with E-state index in [4.69, 9.17) is 9.26 Å². The Bertz CT molecular complexity index is 658. The molecule has 1 rings (SSSR count). The Balaban J connectivity index is 2.11. The van der Waals surface area contributed by atoms with Crippen molar-refractivity contribution < 1.29 is 28.3 Å². The molecule has 41 heavy (non-hydrogen) atoms. The van der Waals surface area contributed by atoms with Gasteiger partial charge < -0.3 is 18.9 Å². The molecule has 1 fully saturated rings. The zero-order valence-corrected chi connectivity index (χ0v) is 28.7. The van der Waals surface area contributed by atoms with Crippen LogP contribution >= 0.6 is 19.4 Å². The predicted octanol–water partition coefficient (Wildman–Crippen LogP) is 11.1. The van der Waals surface area contributed by atoms with Crippen LogP contribution in [0.5, 0.6) is 0 Å². The van der Waals surface area contributed by atoms with Gasteiger partial charge in [-0.25, -0.2) is 9.36 Å². The van der Waals surface area contributed by atoms with Crippen LogP contribution in [0.4, 0.5) is 4.79 Å². The number of hydrogen-bond acceptors (Lipinski definition) is 6. The average molecular weight is 621 g/mol. The number of hydrogen-bond donors (Lipinski definition) is 1. The normalized spacial score (nSPS) is 17.3. The third kappa shape index (κ3) is 21.3. The maximum absolute atomic E-state index is 11.7. The highest BCUT2D eigenvalue weighted by Crippen LogP contribution is 2.43. The van der Waals surface area contributed by atoms with Gasteiger partial charge in [0, 0.05) is 11.9 Å². The molecule has 0 aromatic rings. The molecule has 0 bridgehead atoms. The molecule has 0 aliphatic heterocycles. The summed E-state index contributed by atoms with van der Waals surface area (Å²) in [5.41, 5.74) is -1.22. The molecule has 3 atom stereocenters. The van der Waals surface area contributed by atoms with Gasteiger partial charge >= 0.3 is 13.3 Å². The molecule has 1 unspecified atom stereocenters. The minimum absolute atomic E-state index is 0.00908. The standard InChI is InChI=1S/C33H65O6PS/c1-4-5-6-13-20-26-32(30(2)38-27-22-28-39-40(35,36)33(34)37-3)41-29-21-15-12-10-8-7-9-11-14-17-23-31-24-18-16-19-25-31/h30-32H,4-29H2,1-3H3,(H,35,36)/t30-,32+/m0/s1. The van der Waals surface area contributed by atoms with Crippen LogP contribution in [0.3, 0.4) is 0 Å². The first-order valence-electron chi connectivity index (χ1n) is 17.2. The largest absolute Gasteiger partial charge is 0.460 e. The quantitative estimate of drug-likeness (QED) is 0.0688. The molecule has 1 aliphatic carbocycles. The van der Waals surface area contributed by atoms with Crippen molar-refractivity contribution in [3.8, 4) is 0 Å². The van der Waals surface area contributed by atoms with E-state index < -0.39 is 13.3 Å². The molecule has 244 valence electrons. The van der Waals surface area contributed by atoms with E-state index in [-0.39, 0.29) is 12.7 Å². The van der Waals surface area contributed by atoms with Crippen molar-refractivity contribution in [1.82, 2.24) is 0 Å². The molecule has 0 aromatic heterocycles. The van der Waals surface area contributed by atoms with Gasteiger partial charge in [-0.3, -0.25) is 0 Å². The van der Waals surface area contributed by atoms with Crippen molar-refractivity contribution >= 4 is 25.1 Å². The van der Waals surface area contributed by atoms with Crippen molar-refractivity contribution in [2.45, 2.75) is 173 Å². The third-order valence-corrected chi connectivity index (χ3v) is 11.3. The molecular weight excluding hydrogens is 555 g/mol. The lowest BCUT2D eigenvalue weighted by Crippen LogP contribution is -2.25. The van der Waals surface area contributed by atoms with E-state index >= 15 is 0 Å². The molecule has 0 aromatic carbocycles. The monoisotopic (exact) mass is 620 g/mol. The van der Waals surface area contributed by atoms with Gasteiger partial charge in [0.1, 0.15) is 0 Å². The second-order valence-electron chi connectivity index (χ2n) is 12.2. The molecular formula is C33H65O6PS. The fourth-order valence-corrected chi connectivity index (χ4v) is 7.92. The Morgan fingerprint density at radius 1 is 0.829 bits per heavy atom. The molecule has 0 radical (unpaired) electrons.